The number of pyridine rings is 1. The lowest BCUT2D eigenvalue weighted by molar-refractivity contribution is -0.137. The van der Waals surface area contributed by atoms with Gasteiger partial charge in [-0.1, -0.05) is 0 Å². The zero-order valence-corrected chi connectivity index (χ0v) is 9.31. The van der Waals surface area contributed by atoms with Crippen molar-refractivity contribution in [2.24, 2.45) is 0 Å². The molecule has 2 heterocycles. The van der Waals surface area contributed by atoms with Crippen molar-refractivity contribution in [2.45, 2.75) is 25.7 Å². The number of imidazole rings is 1. The summed E-state index contributed by atoms with van der Waals surface area (Å²) >= 11 is 0. The number of anilines is 1. The molecule has 90 valence electrons. The highest BCUT2D eigenvalue weighted by Crippen LogP contribution is 2.12. The van der Waals surface area contributed by atoms with Crippen molar-refractivity contribution in [3.05, 3.63) is 18.0 Å². The number of nitrogens with two attached hydrogens (primary N) is 1. The lowest BCUT2D eigenvalue weighted by Gasteiger charge is -1.94. The van der Waals surface area contributed by atoms with Crippen molar-refractivity contribution in [1.82, 2.24) is 15.0 Å². The molecule has 0 atom stereocenters. The first-order chi connectivity index (χ1) is 8.15. The van der Waals surface area contributed by atoms with Gasteiger partial charge in [-0.15, -0.1) is 0 Å². The third kappa shape index (κ3) is 2.93. The number of rotatable bonds is 5. The van der Waals surface area contributed by atoms with Gasteiger partial charge in [-0.2, -0.15) is 0 Å². The summed E-state index contributed by atoms with van der Waals surface area (Å²) in [5.74, 6) is 0.508. The van der Waals surface area contributed by atoms with E-state index in [4.69, 9.17) is 10.8 Å². The zero-order valence-electron chi connectivity index (χ0n) is 9.31. The van der Waals surface area contributed by atoms with Gasteiger partial charge in [-0.25, -0.2) is 9.97 Å². The Bertz CT molecular complexity index is 535. The number of nitrogen functional groups attached to an aromatic ring is 1. The summed E-state index contributed by atoms with van der Waals surface area (Å²) < 4.78 is 0. The van der Waals surface area contributed by atoms with Crippen LogP contribution in [0.5, 0.6) is 0 Å². The number of unbranched alkanes of at least 4 members (excludes halogenated alkanes) is 1. The number of H-pyrrole nitrogens is 1. The van der Waals surface area contributed by atoms with E-state index < -0.39 is 5.97 Å². The summed E-state index contributed by atoms with van der Waals surface area (Å²) in [6.07, 6.45) is 2.37. The average Bonchev–Trinajstić information content (AvgIpc) is 2.66. The Balaban J connectivity index is 1.97. The first-order valence-corrected chi connectivity index (χ1v) is 5.48. The number of carboxylic acid groups (broad SMARTS) is 1. The van der Waals surface area contributed by atoms with Crippen molar-refractivity contribution in [3.8, 4) is 0 Å². The molecular formula is C11H14N4O2. The quantitative estimate of drug-likeness (QED) is 0.677. The van der Waals surface area contributed by atoms with Crippen LogP contribution in [-0.4, -0.2) is 26.0 Å². The number of aryl methyl sites for hydroxylation is 1. The molecule has 6 nitrogen and oxygen atoms in total. The number of hydrogen-bond donors (Lipinski definition) is 3. The number of nitrogens with zero attached hydrogens (tertiary/aromatic N) is 2. The predicted molar refractivity (Wildman–Crippen MR) is 63.5 cm³/mol. The Morgan fingerprint density at radius 3 is 2.94 bits per heavy atom. The van der Waals surface area contributed by atoms with Crippen LogP contribution >= 0.6 is 0 Å². The maximum atomic E-state index is 10.3. The van der Waals surface area contributed by atoms with E-state index in [-0.39, 0.29) is 6.42 Å². The van der Waals surface area contributed by atoms with Gasteiger partial charge in [0.1, 0.15) is 11.6 Å². The monoisotopic (exact) mass is 234 g/mol. The molecule has 6 heteroatoms. The fourth-order valence-corrected chi connectivity index (χ4v) is 1.64. The molecule has 2 aromatic heterocycles. The van der Waals surface area contributed by atoms with E-state index in [1.807, 2.05) is 6.07 Å². The Hall–Kier alpha value is -2.11. The summed E-state index contributed by atoms with van der Waals surface area (Å²) in [5.41, 5.74) is 7.02. The lowest BCUT2D eigenvalue weighted by atomic mass is 10.2. The SMILES string of the molecule is Nc1ccc2[nH]c(CCCCC(=O)O)nc2n1. The Morgan fingerprint density at radius 1 is 1.35 bits per heavy atom. The minimum Gasteiger partial charge on any atom is -0.481 e. The van der Waals surface area contributed by atoms with E-state index in [9.17, 15) is 4.79 Å². The van der Waals surface area contributed by atoms with Crippen LogP contribution in [0.2, 0.25) is 0 Å². The molecule has 2 aromatic rings. The van der Waals surface area contributed by atoms with Crippen LogP contribution in [0, 0.1) is 0 Å². The molecule has 2 rings (SSSR count). The van der Waals surface area contributed by atoms with Crippen LogP contribution in [0.25, 0.3) is 11.2 Å². The second-order valence-corrected chi connectivity index (χ2v) is 3.89. The summed E-state index contributed by atoms with van der Waals surface area (Å²) in [4.78, 5) is 21.9. The number of carbonyl (C=O) groups is 1. The Morgan fingerprint density at radius 2 is 2.18 bits per heavy atom. The van der Waals surface area contributed by atoms with Crippen molar-refractivity contribution in [1.29, 1.82) is 0 Å². The molecular weight excluding hydrogens is 220 g/mol. The highest BCUT2D eigenvalue weighted by molar-refractivity contribution is 5.72. The summed E-state index contributed by atoms with van der Waals surface area (Å²) in [6.45, 7) is 0. The molecule has 0 aromatic carbocycles. The number of fused-ring (bicyclic) bond motifs is 1. The molecule has 0 aliphatic rings. The zero-order chi connectivity index (χ0) is 12.3. The minimum absolute atomic E-state index is 0.200. The molecule has 0 spiro atoms. The molecule has 0 radical (unpaired) electrons. The molecule has 0 amide bonds. The maximum absolute atomic E-state index is 10.3. The van der Waals surface area contributed by atoms with Crippen molar-refractivity contribution in [2.75, 3.05) is 5.73 Å². The number of hydrogen-bond acceptors (Lipinski definition) is 4. The van der Waals surface area contributed by atoms with E-state index in [0.717, 1.165) is 24.2 Å². The van der Waals surface area contributed by atoms with Gasteiger partial charge < -0.3 is 15.8 Å². The van der Waals surface area contributed by atoms with Gasteiger partial charge in [0.25, 0.3) is 0 Å². The Labute approximate surface area is 97.9 Å². The van der Waals surface area contributed by atoms with Gasteiger partial charge in [0.2, 0.25) is 0 Å². The van der Waals surface area contributed by atoms with Crippen molar-refractivity contribution < 1.29 is 9.90 Å². The molecule has 0 aliphatic carbocycles. The average molecular weight is 234 g/mol. The van der Waals surface area contributed by atoms with E-state index in [1.165, 1.54) is 0 Å². The standard InChI is InChI=1S/C11H14N4O2/c12-8-6-5-7-11(14-8)15-9(13-7)3-1-2-4-10(16)17/h5-6H,1-4H2,(H,16,17)(H3,12,13,14,15). The number of nitrogens with one attached hydrogen (secondary N) is 1. The number of aliphatic carboxylic acids is 1. The van der Waals surface area contributed by atoms with Crippen LogP contribution in [0.4, 0.5) is 5.82 Å². The van der Waals surface area contributed by atoms with E-state index >= 15 is 0 Å². The van der Waals surface area contributed by atoms with Crippen molar-refractivity contribution >= 4 is 23.0 Å². The van der Waals surface area contributed by atoms with Crippen LogP contribution in [0.15, 0.2) is 12.1 Å². The summed E-state index contributed by atoms with van der Waals surface area (Å²) in [7, 11) is 0. The fourth-order valence-electron chi connectivity index (χ4n) is 1.64. The normalized spacial score (nSPS) is 10.8. The second-order valence-electron chi connectivity index (χ2n) is 3.89. The van der Waals surface area contributed by atoms with Gasteiger partial charge >= 0.3 is 5.97 Å². The lowest BCUT2D eigenvalue weighted by Crippen LogP contribution is -1.95. The molecule has 0 saturated heterocycles. The second kappa shape index (κ2) is 4.82. The van der Waals surface area contributed by atoms with Gasteiger partial charge in [0.15, 0.2) is 5.65 Å². The number of aromatic amines is 1. The highest BCUT2D eigenvalue weighted by atomic mass is 16.4. The molecule has 0 saturated carbocycles. The first kappa shape index (κ1) is 11.4. The van der Waals surface area contributed by atoms with Gasteiger partial charge in [0.05, 0.1) is 5.52 Å². The molecule has 17 heavy (non-hydrogen) atoms. The first-order valence-electron chi connectivity index (χ1n) is 5.48. The van der Waals surface area contributed by atoms with E-state index in [1.54, 1.807) is 6.07 Å². The van der Waals surface area contributed by atoms with E-state index in [2.05, 4.69) is 15.0 Å². The van der Waals surface area contributed by atoms with E-state index in [0.29, 0.717) is 17.9 Å². The van der Waals surface area contributed by atoms with Crippen LogP contribution < -0.4 is 5.73 Å². The summed E-state index contributed by atoms with van der Waals surface area (Å²) in [6, 6.07) is 3.56. The molecule has 0 bridgehead atoms. The fraction of sp³-hybridized carbons (Fsp3) is 0.364. The molecule has 0 fully saturated rings. The predicted octanol–water partition coefficient (Wildman–Crippen LogP) is 1.34. The van der Waals surface area contributed by atoms with Gasteiger partial charge in [-0.05, 0) is 25.0 Å². The molecule has 4 N–H and O–H groups in total. The number of carboxylic acids is 1. The third-order valence-electron chi connectivity index (χ3n) is 2.47. The third-order valence-corrected chi connectivity index (χ3v) is 2.47. The molecule has 0 aliphatic heterocycles. The number of aromatic nitrogens is 3. The van der Waals surface area contributed by atoms with Crippen molar-refractivity contribution in [3.63, 3.8) is 0 Å². The van der Waals surface area contributed by atoms with Crippen LogP contribution in [0.3, 0.4) is 0 Å². The highest BCUT2D eigenvalue weighted by Gasteiger charge is 2.04. The van der Waals surface area contributed by atoms with Crippen LogP contribution in [0.1, 0.15) is 25.1 Å². The largest absolute Gasteiger partial charge is 0.481 e. The van der Waals surface area contributed by atoms with Gasteiger partial charge in [0, 0.05) is 12.8 Å². The smallest absolute Gasteiger partial charge is 0.303 e. The van der Waals surface area contributed by atoms with Crippen LogP contribution in [-0.2, 0) is 11.2 Å². The van der Waals surface area contributed by atoms with Gasteiger partial charge in [-0.3, -0.25) is 4.79 Å². The minimum atomic E-state index is -0.760. The maximum Gasteiger partial charge on any atom is 0.303 e. The summed E-state index contributed by atoms with van der Waals surface area (Å²) in [5, 5.41) is 8.51. The Kier molecular flexibility index (Phi) is 3.22. The molecule has 0 unspecified atom stereocenters. The topological polar surface area (TPSA) is 105 Å².